The number of aromatic hydroxyl groups is 1. The van der Waals surface area contributed by atoms with E-state index in [2.05, 4.69) is 41.9 Å². The van der Waals surface area contributed by atoms with E-state index < -0.39 is 0 Å². The molecule has 0 bridgehead atoms. The number of phenolic OH excluding ortho intramolecular Hbond substituents is 1. The number of nitrogens with two attached hydrogens (primary N) is 1. The molecule has 0 aliphatic carbocycles. The molecule has 0 saturated carbocycles. The zero-order valence-electron chi connectivity index (χ0n) is 16.8. The summed E-state index contributed by atoms with van der Waals surface area (Å²) >= 11 is 0. The minimum Gasteiger partial charge on any atom is -1.00 e. The first kappa shape index (κ1) is 21.1. The van der Waals surface area contributed by atoms with Crippen molar-refractivity contribution in [2.24, 2.45) is 5.73 Å². The molecule has 4 aromatic rings. The number of nitrogens with one attached hydrogen (secondary N) is 1. The lowest BCUT2D eigenvalue weighted by Crippen LogP contribution is -3.00. The van der Waals surface area contributed by atoms with Gasteiger partial charge in [-0.1, -0.05) is 0 Å². The standard InChI is InChI=1S/C23H25N3O2.BrH/c1-14-17-9-11-26(10-5-3-4-6-21(24)28)13-19(17)15(2)23-22(14)18-12-16(27)7-8-20(18)25-23;/h7-9,11-13H,3-6,10H2,1-2H3,(H3,24,27,28);1H. The lowest BCUT2D eigenvalue weighted by atomic mass is 9.97. The molecule has 0 spiro atoms. The predicted molar refractivity (Wildman–Crippen MR) is 112 cm³/mol. The zero-order chi connectivity index (χ0) is 19.8. The van der Waals surface area contributed by atoms with E-state index in [-0.39, 0.29) is 28.6 Å². The third kappa shape index (κ3) is 3.94. The van der Waals surface area contributed by atoms with Gasteiger partial charge in [-0.05, 0) is 61.4 Å². The molecule has 29 heavy (non-hydrogen) atoms. The minimum absolute atomic E-state index is 0. The fourth-order valence-corrected chi connectivity index (χ4v) is 4.19. The normalized spacial score (nSPS) is 11.2. The first-order valence-corrected chi connectivity index (χ1v) is 9.80. The molecule has 1 amide bonds. The summed E-state index contributed by atoms with van der Waals surface area (Å²) in [4.78, 5) is 14.4. The van der Waals surface area contributed by atoms with Crippen LogP contribution in [0.25, 0.3) is 32.6 Å². The van der Waals surface area contributed by atoms with E-state index >= 15 is 0 Å². The highest BCUT2D eigenvalue weighted by molar-refractivity contribution is 6.16. The molecule has 0 aliphatic rings. The molecule has 0 atom stereocenters. The smallest absolute Gasteiger partial charge is 0.217 e. The zero-order valence-corrected chi connectivity index (χ0v) is 18.3. The van der Waals surface area contributed by atoms with Gasteiger partial charge in [0.05, 0.1) is 10.9 Å². The lowest BCUT2D eigenvalue weighted by molar-refractivity contribution is -0.696. The van der Waals surface area contributed by atoms with Crippen LogP contribution < -0.4 is 27.3 Å². The van der Waals surface area contributed by atoms with Crippen LogP contribution in [-0.2, 0) is 11.3 Å². The Morgan fingerprint density at radius 1 is 1.07 bits per heavy atom. The second-order valence-corrected chi connectivity index (χ2v) is 7.64. The van der Waals surface area contributed by atoms with E-state index in [1.165, 1.54) is 27.3 Å². The molecule has 0 saturated heterocycles. The van der Waals surface area contributed by atoms with Crippen molar-refractivity contribution >= 4 is 38.5 Å². The van der Waals surface area contributed by atoms with Crippen molar-refractivity contribution in [2.75, 3.05) is 0 Å². The van der Waals surface area contributed by atoms with Gasteiger partial charge in [0.2, 0.25) is 5.91 Å². The Labute approximate surface area is 180 Å². The highest BCUT2D eigenvalue weighted by Gasteiger charge is 2.16. The summed E-state index contributed by atoms with van der Waals surface area (Å²) in [6.07, 6.45) is 7.68. The maximum absolute atomic E-state index is 10.8. The molecular formula is C23H26BrN3O2. The van der Waals surface area contributed by atoms with E-state index in [1.54, 1.807) is 6.07 Å². The average Bonchev–Trinajstić information content (AvgIpc) is 3.04. The number of primary amides is 1. The second-order valence-electron chi connectivity index (χ2n) is 7.64. The number of carbonyl (C=O) groups excluding carboxylic acids is 1. The van der Waals surface area contributed by atoms with Crippen molar-refractivity contribution in [3.8, 4) is 5.75 Å². The van der Waals surface area contributed by atoms with Gasteiger partial charge in [0.1, 0.15) is 12.3 Å². The van der Waals surface area contributed by atoms with Crippen molar-refractivity contribution in [3.63, 3.8) is 0 Å². The fraction of sp³-hybridized carbons (Fsp3) is 0.304. The Morgan fingerprint density at radius 3 is 2.62 bits per heavy atom. The fourth-order valence-electron chi connectivity index (χ4n) is 4.19. The van der Waals surface area contributed by atoms with Crippen LogP contribution in [0.15, 0.2) is 36.7 Å². The Morgan fingerprint density at radius 2 is 1.86 bits per heavy atom. The number of halogens is 1. The highest BCUT2D eigenvalue weighted by Crippen LogP contribution is 2.37. The minimum atomic E-state index is -0.222. The summed E-state index contributed by atoms with van der Waals surface area (Å²) in [5.74, 6) is 0.0629. The van der Waals surface area contributed by atoms with Gasteiger partial charge in [-0.3, -0.25) is 4.79 Å². The van der Waals surface area contributed by atoms with Crippen LogP contribution in [0.4, 0.5) is 0 Å². The number of amides is 1. The Bertz CT molecular complexity index is 1210. The third-order valence-corrected chi connectivity index (χ3v) is 5.70. The number of hydrogen-bond acceptors (Lipinski definition) is 2. The number of hydrogen-bond donors (Lipinski definition) is 3. The number of nitrogens with zero attached hydrogens (tertiary/aromatic N) is 1. The van der Waals surface area contributed by atoms with Crippen molar-refractivity contribution in [1.82, 2.24) is 4.98 Å². The lowest BCUT2D eigenvalue weighted by Gasteiger charge is -2.08. The van der Waals surface area contributed by atoms with Gasteiger partial charge < -0.3 is 32.8 Å². The molecule has 2 aromatic carbocycles. The quantitative estimate of drug-likeness (QED) is 0.300. The van der Waals surface area contributed by atoms with Crippen molar-refractivity contribution in [1.29, 1.82) is 0 Å². The Hall–Kier alpha value is -2.60. The molecule has 0 fully saturated rings. The van der Waals surface area contributed by atoms with E-state index in [0.717, 1.165) is 42.2 Å². The molecule has 2 aromatic heterocycles. The number of aryl methyl sites for hydroxylation is 3. The Balaban J connectivity index is 0.00000240. The van der Waals surface area contributed by atoms with E-state index in [1.807, 2.05) is 12.1 Å². The van der Waals surface area contributed by atoms with Crippen LogP contribution in [0.2, 0.25) is 0 Å². The molecule has 4 N–H and O–H groups in total. The van der Waals surface area contributed by atoms with Gasteiger partial charge in [0.25, 0.3) is 0 Å². The summed E-state index contributed by atoms with van der Waals surface area (Å²) in [5.41, 5.74) is 9.81. The van der Waals surface area contributed by atoms with Crippen molar-refractivity contribution in [3.05, 3.63) is 47.8 Å². The molecule has 2 heterocycles. The first-order valence-electron chi connectivity index (χ1n) is 9.80. The highest BCUT2D eigenvalue weighted by atomic mass is 79.9. The summed E-state index contributed by atoms with van der Waals surface area (Å²) in [7, 11) is 0. The molecule has 6 heteroatoms. The topological polar surface area (TPSA) is 83.0 Å². The van der Waals surface area contributed by atoms with Crippen LogP contribution in [0, 0.1) is 13.8 Å². The largest absolute Gasteiger partial charge is 1.00 e. The monoisotopic (exact) mass is 455 g/mol. The van der Waals surface area contributed by atoms with Gasteiger partial charge in [0.15, 0.2) is 12.4 Å². The summed E-state index contributed by atoms with van der Waals surface area (Å²) in [6.45, 7) is 5.22. The SMILES string of the molecule is Cc1c2c[n+](CCCCCC(N)=O)ccc2c(C)c2c1[nH]c1ccc(O)cc12.[Br-]. The second kappa shape index (κ2) is 8.41. The summed E-state index contributed by atoms with van der Waals surface area (Å²) in [6, 6.07) is 7.67. The van der Waals surface area contributed by atoms with Crippen molar-refractivity contribution in [2.45, 2.75) is 46.1 Å². The van der Waals surface area contributed by atoms with Gasteiger partial charge in [0, 0.05) is 35.2 Å². The van der Waals surface area contributed by atoms with Gasteiger partial charge in [-0.15, -0.1) is 0 Å². The van der Waals surface area contributed by atoms with Crippen LogP contribution in [0.3, 0.4) is 0 Å². The number of carbonyl (C=O) groups is 1. The van der Waals surface area contributed by atoms with Crippen LogP contribution in [0.1, 0.15) is 36.8 Å². The number of pyridine rings is 1. The molecule has 0 unspecified atom stereocenters. The number of fused-ring (bicyclic) bond motifs is 4. The summed E-state index contributed by atoms with van der Waals surface area (Å²) in [5, 5.41) is 14.6. The molecule has 0 radical (unpaired) electrons. The van der Waals surface area contributed by atoms with Gasteiger partial charge in [-0.25, -0.2) is 4.57 Å². The number of phenols is 1. The molecule has 4 rings (SSSR count). The molecular weight excluding hydrogens is 430 g/mol. The third-order valence-electron chi connectivity index (χ3n) is 5.70. The number of H-pyrrole nitrogens is 1. The number of rotatable bonds is 6. The van der Waals surface area contributed by atoms with E-state index in [4.69, 9.17) is 5.73 Å². The number of aromatic amines is 1. The predicted octanol–water partition coefficient (Wildman–Crippen LogP) is 1.13. The van der Waals surface area contributed by atoms with Gasteiger partial charge in [-0.2, -0.15) is 0 Å². The maximum Gasteiger partial charge on any atom is 0.217 e. The molecule has 0 aliphatic heterocycles. The van der Waals surface area contributed by atoms with Crippen LogP contribution in [0.5, 0.6) is 5.75 Å². The van der Waals surface area contributed by atoms with Crippen LogP contribution in [-0.4, -0.2) is 16.0 Å². The van der Waals surface area contributed by atoms with Gasteiger partial charge >= 0.3 is 0 Å². The van der Waals surface area contributed by atoms with E-state index in [0.29, 0.717) is 6.42 Å². The first-order chi connectivity index (χ1) is 13.5. The van der Waals surface area contributed by atoms with E-state index in [9.17, 15) is 9.90 Å². The maximum atomic E-state index is 10.8. The number of benzene rings is 2. The van der Waals surface area contributed by atoms with Crippen LogP contribution >= 0.6 is 0 Å². The number of unbranched alkanes of at least 4 members (excludes halogenated alkanes) is 2. The molecule has 152 valence electrons. The average molecular weight is 456 g/mol. The number of aromatic nitrogens is 2. The Kier molecular flexibility index (Phi) is 6.13. The van der Waals surface area contributed by atoms with Crippen molar-refractivity contribution < 1.29 is 31.4 Å². The summed E-state index contributed by atoms with van der Waals surface area (Å²) < 4.78 is 2.22. The molecule has 5 nitrogen and oxygen atoms in total.